The number of aromatic nitrogens is 2. The number of benzene rings is 1. The average Bonchev–Trinajstić information content (AvgIpc) is 3.06. The molecule has 1 aromatic heterocycles. The second kappa shape index (κ2) is 5.81. The summed E-state index contributed by atoms with van der Waals surface area (Å²) >= 11 is 3.56. The highest BCUT2D eigenvalue weighted by atomic mass is 79.9. The molecule has 1 N–H and O–H groups in total. The molecule has 0 unspecified atom stereocenters. The Kier molecular flexibility index (Phi) is 3.89. The quantitative estimate of drug-likeness (QED) is 0.914. The van der Waals surface area contributed by atoms with Crippen LogP contribution in [0.3, 0.4) is 0 Å². The molecule has 104 valence electrons. The van der Waals surface area contributed by atoms with Crippen LogP contribution in [0.5, 0.6) is 5.75 Å². The molecule has 0 amide bonds. The largest absolute Gasteiger partial charge is 0.493 e. The van der Waals surface area contributed by atoms with Gasteiger partial charge in [0.15, 0.2) is 0 Å². The Morgan fingerprint density at radius 2 is 2.35 bits per heavy atom. The summed E-state index contributed by atoms with van der Waals surface area (Å²) < 4.78 is 8.53. The van der Waals surface area contributed by atoms with E-state index in [0.717, 1.165) is 41.9 Å². The Morgan fingerprint density at radius 3 is 3.15 bits per heavy atom. The van der Waals surface area contributed by atoms with Gasteiger partial charge >= 0.3 is 0 Å². The van der Waals surface area contributed by atoms with E-state index in [1.54, 1.807) is 10.9 Å². The first-order chi connectivity index (χ1) is 9.76. The average molecular weight is 334 g/mol. The number of nitrogens with zero attached hydrogens (tertiary/aromatic N) is 2. The van der Waals surface area contributed by atoms with Crippen LogP contribution in [-0.2, 0) is 19.5 Å². The monoisotopic (exact) mass is 333 g/mol. The summed E-state index contributed by atoms with van der Waals surface area (Å²) in [4.78, 5) is 0. The maximum atomic E-state index is 5.72. The summed E-state index contributed by atoms with van der Waals surface area (Å²) in [7, 11) is 0. The Morgan fingerprint density at radius 1 is 1.45 bits per heavy atom. The predicted molar refractivity (Wildman–Crippen MR) is 82.5 cm³/mol. The van der Waals surface area contributed by atoms with E-state index >= 15 is 0 Å². The van der Waals surface area contributed by atoms with E-state index in [4.69, 9.17) is 4.74 Å². The van der Waals surface area contributed by atoms with Gasteiger partial charge in [-0.3, -0.25) is 0 Å². The van der Waals surface area contributed by atoms with Gasteiger partial charge in [-0.15, -0.1) is 0 Å². The van der Waals surface area contributed by atoms with Crippen molar-refractivity contribution in [2.75, 3.05) is 6.61 Å². The zero-order valence-corrected chi connectivity index (χ0v) is 12.7. The van der Waals surface area contributed by atoms with Crippen LogP contribution in [-0.4, -0.2) is 16.4 Å². The predicted octanol–water partition coefficient (Wildman–Crippen LogP) is 2.97. The Balaban J connectivity index is 1.65. The fraction of sp³-hybridized carbons (Fsp3) is 0.267. The van der Waals surface area contributed by atoms with E-state index in [1.807, 2.05) is 12.4 Å². The summed E-state index contributed by atoms with van der Waals surface area (Å²) in [5.41, 5.74) is 3.62. The van der Waals surface area contributed by atoms with Gasteiger partial charge in [0, 0.05) is 47.5 Å². The third-order valence-electron chi connectivity index (χ3n) is 3.31. The maximum Gasteiger partial charge on any atom is 0.127 e. The van der Waals surface area contributed by atoms with Gasteiger partial charge in [-0.1, -0.05) is 22.5 Å². The molecular weight excluding hydrogens is 318 g/mol. The molecule has 0 spiro atoms. The van der Waals surface area contributed by atoms with Gasteiger partial charge in [0.25, 0.3) is 0 Å². The normalized spacial score (nSPS) is 13.1. The highest BCUT2D eigenvalue weighted by molar-refractivity contribution is 9.10. The maximum absolute atomic E-state index is 5.72. The fourth-order valence-electron chi connectivity index (χ4n) is 2.39. The molecule has 1 aliphatic rings. The van der Waals surface area contributed by atoms with Crippen molar-refractivity contribution < 1.29 is 4.74 Å². The highest BCUT2D eigenvalue weighted by Crippen LogP contribution is 2.32. The second-order valence-corrected chi connectivity index (χ2v) is 5.68. The second-order valence-electron chi connectivity index (χ2n) is 4.77. The molecule has 0 saturated heterocycles. The third kappa shape index (κ3) is 2.78. The highest BCUT2D eigenvalue weighted by Gasteiger charge is 2.17. The molecule has 2 heterocycles. The summed E-state index contributed by atoms with van der Waals surface area (Å²) in [5.74, 6) is 1.04. The first kappa shape index (κ1) is 13.4. The minimum atomic E-state index is 0.773. The van der Waals surface area contributed by atoms with Crippen LogP contribution < -0.4 is 10.1 Å². The van der Waals surface area contributed by atoms with E-state index < -0.39 is 0 Å². The van der Waals surface area contributed by atoms with Gasteiger partial charge in [-0.2, -0.15) is 5.10 Å². The van der Waals surface area contributed by atoms with Crippen LogP contribution in [0, 0.1) is 0 Å². The molecule has 0 fully saturated rings. The van der Waals surface area contributed by atoms with E-state index in [9.17, 15) is 0 Å². The van der Waals surface area contributed by atoms with Crippen molar-refractivity contribution in [1.29, 1.82) is 0 Å². The molecule has 0 atom stereocenters. The van der Waals surface area contributed by atoms with Gasteiger partial charge < -0.3 is 10.1 Å². The molecule has 20 heavy (non-hydrogen) atoms. The van der Waals surface area contributed by atoms with Crippen molar-refractivity contribution >= 4 is 22.1 Å². The Bertz CT molecular complexity index is 636. The molecule has 0 radical (unpaired) electrons. The Hall–Kier alpha value is -1.59. The van der Waals surface area contributed by atoms with Crippen LogP contribution >= 0.6 is 15.9 Å². The van der Waals surface area contributed by atoms with Crippen molar-refractivity contribution in [3.8, 4) is 5.75 Å². The zero-order chi connectivity index (χ0) is 13.9. The van der Waals surface area contributed by atoms with Crippen LogP contribution in [0.4, 0.5) is 0 Å². The van der Waals surface area contributed by atoms with E-state index in [1.165, 1.54) is 11.1 Å². The van der Waals surface area contributed by atoms with Crippen LogP contribution in [0.25, 0.3) is 6.20 Å². The van der Waals surface area contributed by atoms with Gasteiger partial charge in [0.1, 0.15) is 5.75 Å². The lowest BCUT2D eigenvalue weighted by atomic mass is 10.1. The van der Waals surface area contributed by atoms with Gasteiger partial charge in [0.05, 0.1) is 12.8 Å². The van der Waals surface area contributed by atoms with Crippen molar-refractivity contribution in [2.24, 2.45) is 0 Å². The summed E-state index contributed by atoms with van der Waals surface area (Å²) in [5, 5.41) is 7.58. The van der Waals surface area contributed by atoms with E-state index in [2.05, 4.69) is 45.1 Å². The molecule has 2 aromatic rings. The SMILES string of the molecule is C=Cn1cc(CNCc2cc(Br)cc3c2OCC3)cn1. The minimum Gasteiger partial charge on any atom is -0.493 e. The number of halogens is 1. The number of rotatable bonds is 5. The lowest BCUT2D eigenvalue weighted by molar-refractivity contribution is 0.352. The number of hydrogen-bond acceptors (Lipinski definition) is 3. The molecule has 0 bridgehead atoms. The molecule has 3 rings (SSSR count). The molecule has 1 aliphatic heterocycles. The number of fused-ring (bicyclic) bond motifs is 1. The van der Waals surface area contributed by atoms with E-state index in [-0.39, 0.29) is 0 Å². The lowest BCUT2D eigenvalue weighted by Crippen LogP contribution is -2.13. The number of nitrogens with one attached hydrogen (secondary N) is 1. The molecule has 5 heteroatoms. The summed E-state index contributed by atoms with van der Waals surface area (Å²) in [6, 6.07) is 4.25. The fourth-order valence-corrected chi connectivity index (χ4v) is 2.94. The van der Waals surface area contributed by atoms with Crippen LogP contribution in [0.2, 0.25) is 0 Å². The lowest BCUT2D eigenvalue weighted by Gasteiger charge is -2.09. The molecular formula is C15H16BrN3O. The molecule has 4 nitrogen and oxygen atoms in total. The molecule has 0 saturated carbocycles. The van der Waals surface area contributed by atoms with Crippen molar-refractivity contribution in [1.82, 2.24) is 15.1 Å². The Labute approximate surface area is 126 Å². The van der Waals surface area contributed by atoms with Crippen LogP contribution in [0.15, 0.2) is 35.6 Å². The van der Waals surface area contributed by atoms with E-state index in [0.29, 0.717) is 0 Å². The van der Waals surface area contributed by atoms with Gasteiger partial charge in [-0.05, 0) is 17.7 Å². The molecule has 0 aliphatic carbocycles. The number of ether oxygens (including phenoxy) is 1. The summed E-state index contributed by atoms with van der Waals surface area (Å²) in [6.07, 6.45) is 6.48. The minimum absolute atomic E-state index is 0.773. The zero-order valence-electron chi connectivity index (χ0n) is 11.1. The first-order valence-corrected chi connectivity index (χ1v) is 7.36. The van der Waals surface area contributed by atoms with Crippen molar-refractivity contribution in [3.63, 3.8) is 0 Å². The van der Waals surface area contributed by atoms with Crippen molar-refractivity contribution in [2.45, 2.75) is 19.5 Å². The van der Waals surface area contributed by atoms with Crippen LogP contribution in [0.1, 0.15) is 16.7 Å². The van der Waals surface area contributed by atoms with Gasteiger partial charge in [0.2, 0.25) is 0 Å². The summed E-state index contributed by atoms with van der Waals surface area (Å²) in [6.45, 7) is 6.01. The number of hydrogen-bond donors (Lipinski definition) is 1. The third-order valence-corrected chi connectivity index (χ3v) is 3.77. The molecule has 1 aromatic carbocycles. The topological polar surface area (TPSA) is 39.1 Å². The smallest absolute Gasteiger partial charge is 0.127 e. The standard InChI is InChI=1S/C15H16BrN3O/c1-2-19-10-11(8-18-19)7-17-9-13-6-14(16)5-12-3-4-20-15(12)13/h2,5-6,8,10,17H,1,3-4,7,9H2. The first-order valence-electron chi connectivity index (χ1n) is 6.56. The van der Waals surface area contributed by atoms with Gasteiger partial charge in [-0.25, -0.2) is 4.68 Å². The van der Waals surface area contributed by atoms with Crippen molar-refractivity contribution in [3.05, 3.63) is 52.3 Å².